The first-order chi connectivity index (χ1) is 5.83. The van der Waals surface area contributed by atoms with E-state index >= 15 is 0 Å². The highest BCUT2D eigenvalue weighted by Gasteiger charge is 2.25. The van der Waals surface area contributed by atoms with Gasteiger partial charge in [-0.05, 0) is 20.8 Å². The van der Waals surface area contributed by atoms with E-state index in [9.17, 15) is 4.21 Å². The van der Waals surface area contributed by atoms with Crippen LogP contribution in [-0.4, -0.2) is 14.1 Å². The van der Waals surface area contributed by atoms with Crippen molar-refractivity contribution in [1.29, 1.82) is 4.78 Å². The second-order valence-electron chi connectivity index (χ2n) is 3.68. The van der Waals surface area contributed by atoms with E-state index in [2.05, 4.69) is 14.4 Å². The van der Waals surface area contributed by atoms with Gasteiger partial charge in [0.2, 0.25) is 0 Å². The average Bonchev–Trinajstić information content (AvgIpc) is 2.35. The first-order valence-corrected chi connectivity index (χ1v) is 5.34. The fourth-order valence-electron chi connectivity index (χ4n) is 0.574. The Hall–Kier alpha value is -1.04. The van der Waals surface area contributed by atoms with Gasteiger partial charge in [0.05, 0.1) is 10.9 Å². The van der Waals surface area contributed by atoms with Crippen molar-refractivity contribution in [2.45, 2.75) is 25.5 Å². The topological polar surface area (TPSA) is 79.0 Å². The Morgan fingerprint density at radius 2 is 2.23 bits per heavy atom. The molecule has 0 saturated heterocycles. The Labute approximate surface area is 77.6 Å². The zero-order valence-electron chi connectivity index (χ0n) is 7.83. The minimum absolute atomic E-state index is 0.468. The van der Waals surface area contributed by atoms with Crippen LogP contribution in [0.5, 0.6) is 0 Å². The van der Waals surface area contributed by atoms with Crippen LogP contribution in [0.2, 0.25) is 0 Å². The van der Waals surface area contributed by atoms with Crippen molar-refractivity contribution in [2.24, 2.45) is 0 Å². The molecule has 0 saturated carbocycles. The van der Waals surface area contributed by atoms with Crippen molar-refractivity contribution < 1.29 is 8.73 Å². The molecule has 74 valence electrons. The Kier molecular flexibility index (Phi) is 2.34. The third-order valence-corrected chi connectivity index (χ3v) is 3.80. The second-order valence-corrected chi connectivity index (χ2v) is 6.22. The van der Waals surface area contributed by atoms with Gasteiger partial charge in [-0.15, -0.1) is 0 Å². The van der Waals surface area contributed by atoms with E-state index in [0.29, 0.717) is 5.69 Å². The minimum Gasteiger partial charge on any atom is -0.362 e. The Morgan fingerprint density at radius 3 is 2.62 bits per heavy atom. The van der Waals surface area contributed by atoms with Crippen LogP contribution >= 0.6 is 0 Å². The zero-order valence-corrected chi connectivity index (χ0v) is 8.64. The third kappa shape index (κ3) is 2.21. The molecule has 1 unspecified atom stereocenters. The predicted molar refractivity (Wildman–Crippen MR) is 50.7 cm³/mol. The largest absolute Gasteiger partial charge is 0.362 e. The third-order valence-electron chi connectivity index (χ3n) is 1.56. The van der Waals surface area contributed by atoms with Crippen molar-refractivity contribution in [3.05, 3.63) is 12.5 Å². The molecule has 1 atom stereocenters. The van der Waals surface area contributed by atoms with Gasteiger partial charge in [-0.3, -0.25) is 4.72 Å². The molecule has 0 aliphatic carbocycles. The SMILES string of the molecule is CC(C)(C)S(=N)(=O)Nc1cnoc1. The smallest absolute Gasteiger partial charge is 0.147 e. The molecule has 1 aromatic rings. The Balaban J connectivity index is 2.87. The maximum absolute atomic E-state index is 11.8. The summed E-state index contributed by atoms with van der Waals surface area (Å²) in [4.78, 5) is 0. The maximum atomic E-state index is 11.8. The van der Waals surface area contributed by atoms with Gasteiger partial charge < -0.3 is 4.52 Å². The highest BCUT2D eigenvalue weighted by Crippen LogP contribution is 2.19. The number of nitrogens with zero attached hydrogens (tertiary/aromatic N) is 1. The highest BCUT2D eigenvalue weighted by molar-refractivity contribution is 7.95. The normalized spacial score (nSPS) is 16.5. The summed E-state index contributed by atoms with van der Waals surface area (Å²) in [5, 5.41) is 3.44. The molecule has 1 rings (SSSR count). The van der Waals surface area contributed by atoms with Gasteiger partial charge in [-0.25, -0.2) is 8.99 Å². The van der Waals surface area contributed by atoms with Crippen molar-refractivity contribution in [3.63, 3.8) is 0 Å². The van der Waals surface area contributed by atoms with Crippen LogP contribution < -0.4 is 4.72 Å². The number of nitrogens with one attached hydrogen (secondary N) is 2. The summed E-state index contributed by atoms with van der Waals surface area (Å²) in [6, 6.07) is 0. The standard InChI is InChI=1S/C7H13N3O2S/c1-7(2,3)13(8,11)10-6-4-9-12-5-6/h4-5H,1-3H3,(H2,8,10,11). The lowest BCUT2D eigenvalue weighted by molar-refractivity contribution is 0.420. The summed E-state index contributed by atoms with van der Waals surface area (Å²) in [6.45, 7) is 5.22. The van der Waals surface area contributed by atoms with Gasteiger partial charge in [-0.1, -0.05) is 5.16 Å². The quantitative estimate of drug-likeness (QED) is 0.769. The summed E-state index contributed by atoms with van der Waals surface area (Å²) < 4.78 is 25.9. The van der Waals surface area contributed by atoms with Crippen molar-refractivity contribution in [1.82, 2.24) is 5.16 Å². The Bertz CT molecular complexity index is 361. The van der Waals surface area contributed by atoms with Gasteiger partial charge in [0, 0.05) is 0 Å². The summed E-state index contributed by atoms with van der Waals surface area (Å²) in [7, 11) is -2.87. The van der Waals surface area contributed by atoms with E-state index in [0.717, 1.165) is 0 Å². The van der Waals surface area contributed by atoms with Crippen molar-refractivity contribution in [3.8, 4) is 0 Å². The molecular formula is C7H13N3O2S. The molecule has 0 aliphatic heterocycles. The van der Waals surface area contributed by atoms with E-state index < -0.39 is 14.7 Å². The average molecular weight is 203 g/mol. The zero-order chi connectivity index (χ0) is 10.1. The molecule has 0 aromatic carbocycles. The first kappa shape index (κ1) is 10.0. The molecule has 0 radical (unpaired) electrons. The van der Waals surface area contributed by atoms with E-state index in [1.807, 2.05) is 0 Å². The van der Waals surface area contributed by atoms with Gasteiger partial charge >= 0.3 is 0 Å². The van der Waals surface area contributed by atoms with E-state index in [1.54, 1.807) is 20.8 Å². The van der Waals surface area contributed by atoms with Gasteiger partial charge in [0.25, 0.3) is 0 Å². The fourth-order valence-corrected chi connectivity index (χ4v) is 1.31. The van der Waals surface area contributed by atoms with E-state index in [1.165, 1.54) is 12.5 Å². The van der Waals surface area contributed by atoms with Gasteiger partial charge in [0.15, 0.2) is 0 Å². The second kappa shape index (κ2) is 3.02. The van der Waals surface area contributed by atoms with Gasteiger partial charge in [0.1, 0.15) is 21.9 Å². The summed E-state index contributed by atoms with van der Waals surface area (Å²) in [5.74, 6) is 0. The van der Waals surface area contributed by atoms with Crippen molar-refractivity contribution in [2.75, 3.05) is 4.72 Å². The molecule has 0 bridgehead atoms. The lowest BCUT2D eigenvalue weighted by atomic mass is 10.3. The molecule has 13 heavy (non-hydrogen) atoms. The lowest BCUT2D eigenvalue weighted by Gasteiger charge is -2.22. The molecule has 1 heterocycles. The van der Waals surface area contributed by atoms with E-state index in [-0.39, 0.29) is 0 Å². The molecule has 6 heteroatoms. The van der Waals surface area contributed by atoms with Crippen LogP contribution in [0.1, 0.15) is 20.8 Å². The molecular weight excluding hydrogens is 190 g/mol. The lowest BCUT2D eigenvalue weighted by Crippen LogP contribution is -2.32. The number of rotatable bonds is 2. The summed E-state index contributed by atoms with van der Waals surface area (Å²) in [5.41, 5.74) is 0.468. The van der Waals surface area contributed by atoms with Crippen LogP contribution in [0, 0.1) is 4.78 Å². The molecule has 0 aliphatic rings. The van der Waals surface area contributed by atoms with Crippen LogP contribution in [0.25, 0.3) is 0 Å². The van der Waals surface area contributed by atoms with Crippen LogP contribution in [0.4, 0.5) is 5.69 Å². The molecule has 5 nitrogen and oxygen atoms in total. The van der Waals surface area contributed by atoms with E-state index in [4.69, 9.17) is 4.78 Å². The molecule has 1 aromatic heterocycles. The van der Waals surface area contributed by atoms with Crippen LogP contribution in [0.3, 0.4) is 0 Å². The summed E-state index contributed by atoms with van der Waals surface area (Å²) >= 11 is 0. The fraction of sp³-hybridized carbons (Fsp3) is 0.571. The summed E-state index contributed by atoms with van der Waals surface area (Å²) in [6.07, 6.45) is 2.71. The first-order valence-electron chi connectivity index (χ1n) is 3.78. The minimum atomic E-state index is -2.87. The Morgan fingerprint density at radius 1 is 1.62 bits per heavy atom. The maximum Gasteiger partial charge on any atom is 0.147 e. The molecule has 2 N–H and O–H groups in total. The van der Waals surface area contributed by atoms with Gasteiger partial charge in [-0.2, -0.15) is 0 Å². The monoisotopic (exact) mass is 203 g/mol. The number of anilines is 1. The van der Waals surface area contributed by atoms with Crippen LogP contribution in [0.15, 0.2) is 17.0 Å². The predicted octanol–water partition coefficient (Wildman–Crippen LogP) is 1.85. The molecule has 0 fully saturated rings. The molecule has 0 spiro atoms. The number of hydrogen-bond donors (Lipinski definition) is 2. The van der Waals surface area contributed by atoms with Crippen molar-refractivity contribution >= 4 is 15.6 Å². The number of hydrogen-bond acceptors (Lipinski definition) is 4. The highest BCUT2D eigenvalue weighted by atomic mass is 32.2. The van der Waals surface area contributed by atoms with Crippen LogP contribution in [-0.2, 0) is 9.92 Å². The molecule has 0 amide bonds. The number of aromatic nitrogens is 1.